The molecule has 0 radical (unpaired) electrons. The molecule has 1 aliphatic heterocycles. The molecule has 28 heavy (non-hydrogen) atoms. The number of benzene rings is 1. The van der Waals surface area contributed by atoms with Crippen molar-refractivity contribution in [2.24, 2.45) is 0 Å². The molecule has 1 saturated heterocycles. The van der Waals surface area contributed by atoms with E-state index >= 15 is 0 Å². The number of anilines is 1. The molecule has 2 aromatic rings. The SMILES string of the molecule is Cc1cc(N2CCN(C(=O)COc3ccc(C#N)cc3)CC2)nc(C(C)C)n1. The number of ether oxygens (including phenoxy) is 1. The number of amides is 1. The highest BCUT2D eigenvalue weighted by Gasteiger charge is 2.23. The third-order valence-corrected chi connectivity index (χ3v) is 4.68. The minimum absolute atomic E-state index is 0.00396. The van der Waals surface area contributed by atoms with Gasteiger partial charge in [0.1, 0.15) is 17.4 Å². The molecule has 0 saturated carbocycles. The van der Waals surface area contributed by atoms with Gasteiger partial charge in [0.15, 0.2) is 6.61 Å². The zero-order valence-electron chi connectivity index (χ0n) is 16.6. The number of carbonyl (C=O) groups is 1. The number of nitrogens with zero attached hydrogens (tertiary/aromatic N) is 5. The van der Waals surface area contributed by atoms with E-state index in [4.69, 9.17) is 10.00 Å². The predicted octanol–water partition coefficient (Wildman–Crippen LogP) is 2.51. The van der Waals surface area contributed by atoms with Gasteiger partial charge in [0.05, 0.1) is 11.6 Å². The van der Waals surface area contributed by atoms with E-state index in [0.29, 0.717) is 24.4 Å². The molecule has 7 nitrogen and oxygen atoms in total. The first kappa shape index (κ1) is 19.6. The van der Waals surface area contributed by atoms with Crippen molar-refractivity contribution in [2.45, 2.75) is 26.7 Å². The Hall–Kier alpha value is -3.14. The van der Waals surface area contributed by atoms with Crippen LogP contribution in [0, 0.1) is 18.3 Å². The van der Waals surface area contributed by atoms with Gasteiger partial charge in [-0.3, -0.25) is 4.79 Å². The van der Waals surface area contributed by atoms with Crippen molar-refractivity contribution in [1.29, 1.82) is 5.26 Å². The Kier molecular flexibility index (Phi) is 6.09. The molecule has 1 aromatic heterocycles. The van der Waals surface area contributed by atoms with E-state index in [1.165, 1.54) is 0 Å². The molecule has 0 spiro atoms. The number of piperazine rings is 1. The number of nitriles is 1. The Morgan fingerprint density at radius 2 is 1.86 bits per heavy atom. The molecule has 1 aliphatic rings. The lowest BCUT2D eigenvalue weighted by Crippen LogP contribution is -2.50. The van der Waals surface area contributed by atoms with Crippen molar-refractivity contribution in [3.63, 3.8) is 0 Å². The van der Waals surface area contributed by atoms with Crippen LogP contribution < -0.4 is 9.64 Å². The Morgan fingerprint density at radius 3 is 2.46 bits per heavy atom. The van der Waals surface area contributed by atoms with E-state index in [1.807, 2.05) is 17.9 Å². The second-order valence-corrected chi connectivity index (χ2v) is 7.17. The third-order valence-electron chi connectivity index (χ3n) is 4.68. The summed E-state index contributed by atoms with van der Waals surface area (Å²) in [5, 5.41) is 8.81. The molecular weight excluding hydrogens is 354 g/mol. The number of carbonyl (C=O) groups excluding carboxylic acids is 1. The number of aromatic nitrogens is 2. The molecule has 0 atom stereocenters. The van der Waals surface area contributed by atoms with E-state index in [1.54, 1.807) is 24.3 Å². The second kappa shape index (κ2) is 8.70. The number of hydrogen-bond donors (Lipinski definition) is 0. The van der Waals surface area contributed by atoms with Crippen molar-refractivity contribution in [1.82, 2.24) is 14.9 Å². The molecule has 2 heterocycles. The van der Waals surface area contributed by atoms with Crippen LogP contribution in [0.25, 0.3) is 0 Å². The standard InChI is InChI=1S/C21H25N5O2/c1-15(2)21-23-16(3)12-19(24-21)25-8-10-26(11-9-25)20(27)14-28-18-6-4-17(13-22)5-7-18/h4-7,12,15H,8-11,14H2,1-3H3. The summed E-state index contributed by atoms with van der Waals surface area (Å²) in [5.74, 6) is 2.61. The molecule has 0 bridgehead atoms. The van der Waals surface area contributed by atoms with Crippen LogP contribution in [-0.2, 0) is 4.79 Å². The maximum Gasteiger partial charge on any atom is 0.260 e. The maximum absolute atomic E-state index is 12.4. The summed E-state index contributed by atoms with van der Waals surface area (Å²) in [6.45, 7) is 8.89. The molecule has 0 N–H and O–H groups in total. The van der Waals surface area contributed by atoms with Gasteiger partial charge >= 0.3 is 0 Å². The van der Waals surface area contributed by atoms with Gasteiger partial charge in [-0.15, -0.1) is 0 Å². The average Bonchev–Trinajstić information content (AvgIpc) is 2.72. The highest BCUT2D eigenvalue weighted by atomic mass is 16.5. The average molecular weight is 379 g/mol. The van der Waals surface area contributed by atoms with Crippen molar-refractivity contribution < 1.29 is 9.53 Å². The van der Waals surface area contributed by atoms with Crippen molar-refractivity contribution in [2.75, 3.05) is 37.7 Å². The van der Waals surface area contributed by atoms with E-state index in [9.17, 15) is 4.79 Å². The molecular formula is C21H25N5O2. The second-order valence-electron chi connectivity index (χ2n) is 7.17. The fraction of sp³-hybridized carbons (Fsp3) is 0.429. The topological polar surface area (TPSA) is 82.4 Å². The summed E-state index contributed by atoms with van der Waals surface area (Å²) in [4.78, 5) is 25.6. The normalized spacial score (nSPS) is 14.1. The molecule has 7 heteroatoms. The quantitative estimate of drug-likeness (QED) is 0.794. The van der Waals surface area contributed by atoms with Crippen molar-refractivity contribution >= 4 is 11.7 Å². The van der Waals surface area contributed by atoms with Gasteiger partial charge in [-0.05, 0) is 31.2 Å². The number of aryl methyl sites for hydroxylation is 1. The first-order valence-corrected chi connectivity index (χ1v) is 9.47. The summed E-state index contributed by atoms with van der Waals surface area (Å²) >= 11 is 0. The largest absolute Gasteiger partial charge is 0.484 e. The van der Waals surface area contributed by atoms with Gasteiger partial charge < -0.3 is 14.5 Å². The van der Waals surface area contributed by atoms with Gasteiger partial charge in [-0.2, -0.15) is 5.26 Å². The Labute approximate surface area is 165 Å². The van der Waals surface area contributed by atoms with Gasteiger partial charge in [0.25, 0.3) is 5.91 Å². The molecule has 1 amide bonds. The Balaban J connectivity index is 1.53. The van der Waals surface area contributed by atoms with Crippen LogP contribution in [0.2, 0.25) is 0 Å². The van der Waals surface area contributed by atoms with Gasteiger partial charge in [-0.1, -0.05) is 13.8 Å². The van der Waals surface area contributed by atoms with Gasteiger partial charge in [0.2, 0.25) is 0 Å². The first-order valence-electron chi connectivity index (χ1n) is 9.47. The van der Waals surface area contributed by atoms with Crippen LogP contribution in [0.1, 0.15) is 36.8 Å². The van der Waals surface area contributed by atoms with Crippen LogP contribution >= 0.6 is 0 Å². The van der Waals surface area contributed by atoms with E-state index in [-0.39, 0.29) is 18.4 Å². The molecule has 3 rings (SSSR count). The zero-order valence-corrected chi connectivity index (χ0v) is 16.6. The number of rotatable bonds is 5. The summed E-state index contributed by atoms with van der Waals surface area (Å²) in [6.07, 6.45) is 0. The molecule has 1 aromatic carbocycles. The fourth-order valence-corrected chi connectivity index (χ4v) is 3.04. The molecule has 0 aliphatic carbocycles. The van der Waals surface area contributed by atoms with Crippen LogP contribution in [0.5, 0.6) is 5.75 Å². The minimum atomic E-state index is -0.0363. The molecule has 1 fully saturated rings. The van der Waals surface area contributed by atoms with Crippen LogP contribution in [0.15, 0.2) is 30.3 Å². The first-order chi connectivity index (χ1) is 13.5. The Morgan fingerprint density at radius 1 is 1.18 bits per heavy atom. The highest BCUT2D eigenvalue weighted by Crippen LogP contribution is 2.19. The zero-order chi connectivity index (χ0) is 20.1. The molecule has 0 unspecified atom stereocenters. The lowest BCUT2D eigenvalue weighted by atomic mass is 10.2. The van der Waals surface area contributed by atoms with Crippen LogP contribution in [0.4, 0.5) is 5.82 Å². The summed E-state index contributed by atoms with van der Waals surface area (Å²) in [5.41, 5.74) is 1.53. The van der Waals surface area contributed by atoms with Gasteiger partial charge in [0, 0.05) is 43.9 Å². The summed E-state index contributed by atoms with van der Waals surface area (Å²) in [7, 11) is 0. The smallest absolute Gasteiger partial charge is 0.260 e. The molecule has 146 valence electrons. The van der Waals surface area contributed by atoms with E-state index < -0.39 is 0 Å². The lowest BCUT2D eigenvalue weighted by Gasteiger charge is -2.35. The fourth-order valence-electron chi connectivity index (χ4n) is 3.04. The van der Waals surface area contributed by atoms with E-state index in [2.05, 4.69) is 34.8 Å². The third kappa shape index (κ3) is 4.77. The minimum Gasteiger partial charge on any atom is -0.484 e. The highest BCUT2D eigenvalue weighted by molar-refractivity contribution is 5.78. The summed E-state index contributed by atoms with van der Waals surface area (Å²) in [6, 6.07) is 10.8. The van der Waals surface area contributed by atoms with E-state index in [0.717, 1.165) is 30.4 Å². The maximum atomic E-state index is 12.4. The van der Waals surface area contributed by atoms with Crippen molar-refractivity contribution in [3.8, 4) is 11.8 Å². The van der Waals surface area contributed by atoms with Crippen LogP contribution in [-0.4, -0.2) is 53.6 Å². The summed E-state index contributed by atoms with van der Waals surface area (Å²) < 4.78 is 5.55. The lowest BCUT2D eigenvalue weighted by molar-refractivity contribution is -0.133. The van der Waals surface area contributed by atoms with Gasteiger partial charge in [-0.25, -0.2) is 9.97 Å². The Bertz CT molecular complexity index is 865. The predicted molar refractivity (Wildman–Crippen MR) is 106 cm³/mol. The monoisotopic (exact) mass is 379 g/mol. The van der Waals surface area contributed by atoms with Crippen molar-refractivity contribution in [3.05, 3.63) is 47.4 Å². The number of hydrogen-bond acceptors (Lipinski definition) is 6. The van der Waals surface area contributed by atoms with Crippen LogP contribution in [0.3, 0.4) is 0 Å².